The van der Waals surface area contributed by atoms with Crippen molar-refractivity contribution in [2.75, 3.05) is 20.2 Å². The number of aromatic nitrogens is 2. The number of hydrogen-bond acceptors (Lipinski definition) is 4. The van der Waals surface area contributed by atoms with E-state index in [4.69, 9.17) is 9.72 Å². The van der Waals surface area contributed by atoms with E-state index in [2.05, 4.69) is 24.1 Å². The molecule has 0 aromatic carbocycles. The molecule has 2 atom stereocenters. The van der Waals surface area contributed by atoms with Crippen molar-refractivity contribution in [1.29, 1.82) is 0 Å². The highest BCUT2D eigenvalue weighted by Crippen LogP contribution is 2.25. The molecule has 0 spiro atoms. The molecule has 1 N–H and O–H groups in total. The third-order valence-electron chi connectivity index (χ3n) is 4.07. The summed E-state index contributed by atoms with van der Waals surface area (Å²) in [5.41, 5.74) is 2.56. The fourth-order valence-corrected chi connectivity index (χ4v) is 2.87. The topological polar surface area (TPSA) is 47.0 Å². The first kappa shape index (κ1) is 15.4. The first-order valence-electron chi connectivity index (χ1n) is 7.86. The quantitative estimate of drug-likeness (QED) is 0.778. The van der Waals surface area contributed by atoms with Crippen molar-refractivity contribution in [2.24, 2.45) is 5.92 Å². The zero-order valence-corrected chi connectivity index (χ0v) is 13.0. The second kappa shape index (κ2) is 7.70. The van der Waals surface area contributed by atoms with Gasteiger partial charge in [-0.15, -0.1) is 0 Å². The van der Waals surface area contributed by atoms with Gasteiger partial charge in [0.1, 0.15) is 6.10 Å². The third-order valence-corrected chi connectivity index (χ3v) is 4.07. The Bertz CT molecular complexity index is 418. The van der Waals surface area contributed by atoms with Gasteiger partial charge in [-0.1, -0.05) is 13.8 Å². The highest BCUT2D eigenvalue weighted by atomic mass is 16.5. The number of fused-ring (bicyclic) bond motifs is 1. The Balaban J connectivity index is 2.00. The summed E-state index contributed by atoms with van der Waals surface area (Å²) in [7, 11) is 1.73. The highest BCUT2D eigenvalue weighted by Gasteiger charge is 2.21. The van der Waals surface area contributed by atoms with Gasteiger partial charge in [0.05, 0.1) is 0 Å². The zero-order valence-electron chi connectivity index (χ0n) is 13.0. The van der Waals surface area contributed by atoms with Gasteiger partial charge in [-0.05, 0) is 56.7 Å². The predicted molar refractivity (Wildman–Crippen MR) is 80.7 cm³/mol. The van der Waals surface area contributed by atoms with Gasteiger partial charge in [-0.2, -0.15) is 0 Å². The second-order valence-corrected chi connectivity index (χ2v) is 5.65. The molecular weight excluding hydrogens is 250 g/mol. The lowest BCUT2D eigenvalue weighted by molar-refractivity contribution is 0.0922. The largest absolute Gasteiger partial charge is 0.373 e. The smallest absolute Gasteiger partial charge is 0.157 e. The van der Waals surface area contributed by atoms with Crippen molar-refractivity contribution in [1.82, 2.24) is 15.3 Å². The van der Waals surface area contributed by atoms with Crippen molar-refractivity contribution in [3.63, 3.8) is 0 Å². The van der Waals surface area contributed by atoms with Crippen LogP contribution in [0.5, 0.6) is 0 Å². The molecule has 1 aromatic heterocycles. The molecular formula is C16H27N3O. The Morgan fingerprint density at radius 1 is 1.45 bits per heavy atom. The van der Waals surface area contributed by atoms with Gasteiger partial charge in [0.2, 0.25) is 0 Å². The van der Waals surface area contributed by atoms with Gasteiger partial charge in [0.25, 0.3) is 0 Å². The Kier molecular flexibility index (Phi) is 5.92. The van der Waals surface area contributed by atoms with E-state index in [-0.39, 0.29) is 6.10 Å². The van der Waals surface area contributed by atoms with Crippen LogP contribution in [0.3, 0.4) is 0 Å². The molecule has 0 fully saturated rings. The molecule has 112 valence electrons. The van der Waals surface area contributed by atoms with E-state index in [1.54, 1.807) is 7.11 Å². The lowest BCUT2D eigenvalue weighted by atomic mass is 9.87. The molecule has 0 aliphatic heterocycles. The Morgan fingerprint density at radius 3 is 3.00 bits per heavy atom. The predicted octanol–water partition coefficient (Wildman–Crippen LogP) is 2.68. The van der Waals surface area contributed by atoms with E-state index in [1.165, 1.54) is 24.1 Å². The molecule has 1 aliphatic carbocycles. The van der Waals surface area contributed by atoms with Crippen molar-refractivity contribution < 1.29 is 4.74 Å². The molecule has 2 unspecified atom stereocenters. The van der Waals surface area contributed by atoms with Gasteiger partial charge in [0, 0.05) is 19.0 Å². The molecule has 1 aromatic rings. The van der Waals surface area contributed by atoms with E-state index >= 15 is 0 Å². The number of rotatable bonds is 7. The average molecular weight is 277 g/mol. The van der Waals surface area contributed by atoms with Crippen LogP contribution in [0.15, 0.2) is 6.20 Å². The maximum atomic E-state index is 5.43. The monoisotopic (exact) mass is 277 g/mol. The van der Waals surface area contributed by atoms with Gasteiger partial charge in [-0.25, -0.2) is 9.97 Å². The summed E-state index contributed by atoms with van der Waals surface area (Å²) in [4.78, 5) is 9.24. The fourth-order valence-electron chi connectivity index (χ4n) is 2.87. The van der Waals surface area contributed by atoms with Crippen molar-refractivity contribution >= 4 is 0 Å². The third kappa shape index (κ3) is 3.76. The van der Waals surface area contributed by atoms with Crippen LogP contribution in [0, 0.1) is 5.92 Å². The van der Waals surface area contributed by atoms with Crippen molar-refractivity contribution in [3.05, 3.63) is 23.3 Å². The minimum Gasteiger partial charge on any atom is -0.373 e. The summed E-state index contributed by atoms with van der Waals surface area (Å²) in [6, 6.07) is 0. The Hall–Kier alpha value is -1.00. The van der Waals surface area contributed by atoms with Gasteiger partial charge in [-0.3, -0.25) is 0 Å². The summed E-state index contributed by atoms with van der Waals surface area (Å²) in [5.74, 6) is 1.57. The van der Waals surface area contributed by atoms with Crippen molar-refractivity contribution in [2.45, 2.75) is 52.1 Å². The Labute approximate surface area is 122 Å². The van der Waals surface area contributed by atoms with Crippen LogP contribution >= 0.6 is 0 Å². The molecule has 0 saturated carbocycles. The molecule has 0 amide bonds. The van der Waals surface area contributed by atoms with Gasteiger partial charge >= 0.3 is 0 Å². The van der Waals surface area contributed by atoms with Crippen LogP contribution in [0.4, 0.5) is 0 Å². The summed E-state index contributed by atoms with van der Waals surface area (Å²) in [5, 5.41) is 3.52. The Morgan fingerprint density at radius 2 is 2.30 bits per heavy atom. The van der Waals surface area contributed by atoms with Crippen LogP contribution in [0.1, 0.15) is 56.3 Å². The van der Waals surface area contributed by atoms with Crippen LogP contribution in [0.25, 0.3) is 0 Å². The number of nitrogens with one attached hydrogen (secondary N) is 1. The average Bonchev–Trinajstić information content (AvgIpc) is 2.49. The fraction of sp³-hybridized carbons (Fsp3) is 0.750. The van der Waals surface area contributed by atoms with E-state index in [9.17, 15) is 0 Å². The maximum Gasteiger partial charge on any atom is 0.157 e. The molecule has 4 nitrogen and oxygen atoms in total. The van der Waals surface area contributed by atoms with E-state index < -0.39 is 0 Å². The zero-order chi connectivity index (χ0) is 14.4. The van der Waals surface area contributed by atoms with Crippen LogP contribution in [-0.2, 0) is 17.6 Å². The SMILES string of the molecule is CCCNCC1CCc2nc(C(CC)OC)ncc2C1. The first-order chi connectivity index (χ1) is 9.78. The highest BCUT2D eigenvalue weighted by molar-refractivity contribution is 5.22. The minimum absolute atomic E-state index is 0.0317. The van der Waals surface area contributed by atoms with Crippen LogP contribution in [-0.4, -0.2) is 30.2 Å². The van der Waals surface area contributed by atoms with Gasteiger partial charge in [0.15, 0.2) is 5.82 Å². The number of hydrogen-bond donors (Lipinski definition) is 1. The number of aryl methyl sites for hydroxylation is 1. The molecule has 0 bridgehead atoms. The summed E-state index contributed by atoms with van der Waals surface area (Å²) in [6.07, 6.45) is 7.57. The molecule has 0 radical (unpaired) electrons. The minimum atomic E-state index is 0.0317. The molecule has 20 heavy (non-hydrogen) atoms. The van der Waals surface area contributed by atoms with E-state index in [1.807, 2.05) is 6.20 Å². The number of nitrogens with zero attached hydrogens (tertiary/aromatic N) is 2. The normalized spacial score (nSPS) is 19.6. The standard InChI is InChI=1S/C16H27N3O/c1-4-8-17-10-12-6-7-14-13(9-12)11-18-16(19-14)15(5-2)20-3/h11-12,15,17H,4-10H2,1-3H3. The van der Waals surface area contributed by atoms with Gasteiger partial charge < -0.3 is 10.1 Å². The lowest BCUT2D eigenvalue weighted by Gasteiger charge is -2.25. The number of ether oxygens (including phenoxy) is 1. The lowest BCUT2D eigenvalue weighted by Crippen LogP contribution is -2.28. The molecule has 2 rings (SSSR count). The first-order valence-corrected chi connectivity index (χ1v) is 7.86. The van der Waals surface area contributed by atoms with Crippen LogP contribution < -0.4 is 5.32 Å². The van der Waals surface area contributed by atoms with Crippen molar-refractivity contribution in [3.8, 4) is 0 Å². The molecule has 4 heteroatoms. The van der Waals surface area contributed by atoms with E-state index in [0.29, 0.717) is 0 Å². The number of methoxy groups -OCH3 is 1. The van der Waals surface area contributed by atoms with E-state index in [0.717, 1.165) is 44.1 Å². The summed E-state index contributed by atoms with van der Waals surface area (Å²) < 4.78 is 5.43. The summed E-state index contributed by atoms with van der Waals surface area (Å²) >= 11 is 0. The van der Waals surface area contributed by atoms with Crippen LogP contribution in [0.2, 0.25) is 0 Å². The molecule has 1 aliphatic rings. The summed E-state index contributed by atoms with van der Waals surface area (Å²) in [6.45, 7) is 6.54. The molecule has 0 saturated heterocycles. The maximum absolute atomic E-state index is 5.43. The molecule has 1 heterocycles. The second-order valence-electron chi connectivity index (χ2n) is 5.65.